The monoisotopic (exact) mass is 329 g/mol. The molecule has 0 aliphatic carbocycles. The number of hydrogen-bond acceptors (Lipinski definition) is 4. The van der Waals surface area contributed by atoms with Crippen LogP contribution in [0.3, 0.4) is 0 Å². The number of carbonyl (C=O) groups is 2. The lowest BCUT2D eigenvalue weighted by Crippen LogP contribution is -2.13. The molecule has 0 aromatic heterocycles. The Hall–Kier alpha value is -2.27. The first-order valence-corrected chi connectivity index (χ1v) is 8.52. The minimum Gasteiger partial charge on any atom is -0.465 e. The third-order valence-electron chi connectivity index (χ3n) is 3.42. The fourth-order valence-corrected chi connectivity index (χ4v) is 2.69. The Bertz CT molecular complexity index is 711. The van der Waals surface area contributed by atoms with Gasteiger partial charge in [-0.2, -0.15) is 11.8 Å². The summed E-state index contributed by atoms with van der Waals surface area (Å²) < 4.78 is 4.68. The van der Waals surface area contributed by atoms with Gasteiger partial charge in [-0.1, -0.05) is 12.1 Å². The predicted octanol–water partition coefficient (Wildman–Crippen LogP) is 3.90. The van der Waals surface area contributed by atoms with Crippen LogP contribution in [0, 0.1) is 6.92 Å². The molecule has 0 spiro atoms. The summed E-state index contributed by atoms with van der Waals surface area (Å²) in [6.45, 7) is 1.84. The molecule has 0 bridgehead atoms. The van der Waals surface area contributed by atoms with Crippen LogP contribution < -0.4 is 5.32 Å². The topological polar surface area (TPSA) is 55.4 Å². The molecule has 0 saturated carbocycles. The molecule has 0 aliphatic heterocycles. The van der Waals surface area contributed by atoms with Crippen molar-refractivity contribution < 1.29 is 14.3 Å². The van der Waals surface area contributed by atoms with Crippen LogP contribution in [0.1, 0.15) is 31.8 Å². The maximum absolute atomic E-state index is 12.3. The molecule has 0 radical (unpaired) electrons. The van der Waals surface area contributed by atoms with Crippen molar-refractivity contribution in [3.8, 4) is 0 Å². The van der Waals surface area contributed by atoms with Gasteiger partial charge in [-0.05, 0) is 54.6 Å². The molecule has 0 heterocycles. The number of benzene rings is 2. The Morgan fingerprint density at radius 1 is 1.09 bits per heavy atom. The maximum Gasteiger partial charge on any atom is 0.337 e. The van der Waals surface area contributed by atoms with E-state index >= 15 is 0 Å². The summed E-state index contributed by atoms with van der Waals surface area (Å²) in [6.07, 6.45) is 2.04. The molecule has 5 heteroatoms. The van der Waals surface area contributed by atoms with E-state index in [2.05, 4.69) is 10.1 Å². The fraction of sp³-hybridized carbons (Fsp3) is 0.222. The molecule has 0 saturated heterocycles. The van der Waals surface area contributed by atoms with Gasteiger partial charge in [0.2, 0.25) is 0 Å². The molecule has 2 aromatic carbocycles. The highest BCUT2D eigenvalue weighted by Gasteiger charge is 2.11. The van der Waals surface area contributed by atoms with Crippen molar-refractivity contribution in [2.45, 2.75) is 12.7 Å². The number of hydrogen-bond donors (Lipinski definition) is 1. The van der Waals surface area contributed by atoms with E-state index in [1.165, 1.54) is 12.7 Å². The van der Waals surface area contributed by atoms with Gasteiger partial charge in [0.25, 0.3) is 5.91 Å². The number of thioether (sulfide) groups is 1. The first kappa shape index (κ1) is 17.1. The molecule has 0 unspecified atom stereocenters. The standard InChI is InChI=1S/C18H19NO3S/c1-12-10-15(18(21)22-2)8-9-16(12)19-17(20)14-6-4-13(5-7-14)11-23-3/h4-10H,11H2,1-3H3,(H,19,20). The van der Waals surface area contributed by atoms with E-state index in [1.807, 2.05) is 37.4 Å². The van der Waals surface area contributed by atoms with Gasteiger partial charge in [0.1, 0.15) is 0 Å². The van der Waals surface area contributed by atoms with Crippen molar-refractivity contribution in [2.75, 3.05) is 18.7 Å². The first-order valence-electron chi connectivity index (χ1n) is 7.13. The van der Waals surface area contributed by atoms with Gasteiger partial charge in [-0.3, -0.25) is 4.79 Å². The van der Waals surface area contributed by atoms with Crippen LogP contribution in [0.5, 0.6) is 0 Å². The number of carbonyl (C=O) groups excluding carboxylic acids is 2. The van der Waals surface area contributed by atoms with Gasteiger partial charge in [0, 0.05) is 17.0 Å². The lowest BCUT2D eigenvalue weighted by Gasteiger charge is -2.10. The molecule has 0 fully saturated rings. The van der Waals surface area contributed by atoms with Gasteiger partial charge < -0.3 is 10.1 Å². The van der Waals surface area contributed by atoms with E-state index in [9.17, 15) is 9.59 Å². The molecule has 4 nitrogen and oxygen atoms in total. The van der Waals surface area contributed by atoms with E-state index in [0.717, 1.165) is 11.3 Å². The summed E-state index contributed by atoms with van der Waals surface area (Å²) in [5.41, 5.74) is 3.74. The normalized spacial score (nSPS) is 10.2. The average Bonchev–Trinajstić information content (AvgIpc) is 2.56. The quantitative estimate of drug-likeness (QED) is 0.845. The molecule has 0 atom stereocenters. The van der Waals surface area contributed by atoms with E-state index in [4.69, 9.17) is 0 Å². The number of aryl methyl sites for hydroxylation is 1. The van der Waals surface area contributed by atoms with Crippen LogP contribution in [-0.4, -0.2) is 25.2 Å². The Kier molecular flexibility index (Phi) is 5.82. The zero-order valence-corrected chi connectivity index (χ0v) is 14.2. The molecule has 2 aromatic rings. The number of esters is 1. The molecule has 2 rings (SSSR count). The third-order valence-corrected chi connectivity index (χ3v) is 4.04. The van der Waals surface area contributed by atoms with Crippen molar-refractivity contribution in [1.29, 1.82) is 0 Å². The lowest BCUT2D eigenvalue weighted by atomic mass is 10.1. The van der Waals surface area contributed by atoms with E-state index < -0.39 is 5.97 Å². The number of nitrogens with one attached hydrogen (secondary N) is 1. The molecule has 1 N–H and O–H groups in total. The van der Waals surface area contributed by atoms with E-state index in [1.54, 1.807) is 30.0 Å². The Balaban J connectivity index is 2.12. The van der Waals surface area contributed by atoms with Crippen molar-refractivity contribution in [3.05, 3.63) is 64.7 Å². The van der Waals surface area contributed by atoms with Crippen molar-refractivity contribution in [1.82, 2.24) is 0 Å². The largest absolute Gasteiger partial charge is 0.465 e. The minimum atomic E-state index is -0.393. The van der Waals surface area contributed by atoms with Crippen molar-refractivity contribution in [3.63, 3.8) is 0 Å². The van der Waals surface area contributed by atoms with Crippen LogP contribution in [0.15, 0.2) is 42.5 Å². The average molecular weight is 329 g/mol. The van der Waals surface area contributed by atoms with E-state index in [-0.39, 0.29) is 5.91 Å². The number of amides is 1. The zero-order valence-electron chi connectivity index (χ0n) is 13.4. The summed E-state index contributed by atoms with van der Waals surface area (Å²) in [4.78, 5) is 23.8. The maximum atomic E-state index is 12.3. The summed E-state index contributed by atoms with van der Waals surface area (Å²) in [5, 5.41) is 2.87. The van der Waals surface area contributed by atoms with Crippen LogP contribution in [0.2, 0.25) is 0 Å². The van der Waals surface area contributed by atoms with Gasteiger partial charge in [-0.25, -0.2) is 4.79 Å². The van der Waals surface area contributed by atoms with Crippen molar-refractivity contribution >= 4 is 29.3 Å². The summed E-state index contributed by atoms with van der Waals surface area (Å²) in [5.74, 6) is 0.362. The molecule has 0 aliphatic rings. The SMILES string of the molecule is COC(=O)c1ccc(NC(=O)c2ccc(CSC)cc2)c(C)c1. The van der Waals surface area contributed by atoms with Crippen LogP contribution in [0.25, 0.3) is 0 Å². The van der Waals surface area contributed by atoms with Crippen LogP contribution in [0.4, 0.5) is 5.69 Å². The molecular weight excluding hydrogens is 310 g/mol. The lowest BCUT2D eigenvalue weighted by molar-refractivity contribution is 0.0600. The molecule has 120 valence electrons. The van der Waals surface area contributed by atoms with Gasteiger partial charge in [0.05, 0.1) is 12.7 Å². The Morgan fingerprint density at radius 3 is 2.30 bits per heavy atom. The number of methoxy groups -OCH3 is 1. The summed E-state index contributed by atoms with van der Waals surface area (Å²) in [6, 6.07) is 12.6. The summed E-state index contributed by atoms with van der Waals surface area (Å²) in [7, 11) is 1.34. The highest BCUT2D eigenvalue weighted by molar-refractivity contribution is 7.97. The first-order chi connectivity index (χ1) is 11.0. The highest BCUT2D eigenvalue weighted by Crippen LogP contribution is 2.18. The summed E-state index contributed by atoms with van der Waals surface area (Å²) >= 11 is 1.74. The highest BCUT2D eigenvalue weighted by atomic mass is 32.2. The second-order valence-electron chi connectivity index (χ2n) is 5.11. The molecule has 1 amide bonds. The van der Waals surface area contributed by atoms with Crippen LogP contribution >= 0.6 is 11.8 Å². The Labute approximate surface area is 140 Å². The van der Waals surface area contributed by atoms with Crippen LogP contribution in [-0.2, 0) is 10.5 Å². The number of anilines is 1. The van der Waals surface area contributed by atoms with Gasteiger partial charge in [-0.15, -0.1) is 0 Å². The third kappa shape index (κ3) is 4.36. The second kappa shape index (κ2) is 7.83. The van der Waals surface area contributed by atoms with E-state index in [0.29, 0.717) is 16.8 Å². The second-order valence-corrected chi connectivity index (χ2v) is 5.97. The van der Waals surface area contributed by atoms with Gasteiger partial charge >= 0.3 is 5.97 Å². The molecule has 23 heavy (non-hydrogen) atoms. The smallest absolute Gasteiger partial charge is 0.337 e. The fourth-order valence-electron chi connectivity index (χ4n) is 2.16. The van der Waals surface area contributed by atoms with Gasteiger partial charge in [0.15, 0.2) is 0 Å². The van der Waals surface area contributed by atoms with Crippen molar-refractivity contribution in [2.24, 2.45) is 0 Å². The minimum absolute atomic E-state index is 0.172. The Morgan fingerprint density at radius 2 is 1.74 bits per heavy atom. The molecular formula is C18H19NO3S. The predicted molar refractivity (Wildman–Crippen MR) is 94.1 cm³/mol. The zero-order chi connectivity index (χ0) is 16.8. The number of rotatable bonds is 5. The number of ether oxygens (including phenoxy) is 1.